The van der Waals surface area contributed by atoms with Gasteiger partial charge in [0, 0.05) is 31.9 Å². The predicted octanol–water partition coefficient (Wildman–Crippen LogP) is 1.34. The molecular weight excluding hydrogens is 272 g/mol. The number of carboxylic acid groups (broad SMARTS) is 1. The van der Waals surface area contributed by atoms with Gasteiger partial charge < -0.3 is 15.3 Å². The molecule has 7 nitrogen and oxygen atoms in total. The molecule has 0 aliphatic carbocycles. The summed E-state index contributed by atoms with van der Waals surface area (Å²) in [5.41, 5.74) is 0.0778. The van der Waals surface area contributed by atoms with Gasteiger partial charge in [0.05, 0.1) is 5.69 Å². The van der Waals surface area contributed by atoms with E-state index in [0.717, 1.165) is 13.0 Å². The molecule has 1 aromatic heterocycles. The molecule has 1 atom stereocenters. The highest BCUT2D eigenvalue weighted by molar-refractivity contribution is 5.98. The van der Waals surface area contributed by atoms with Crippen molar-refractivity contribution in [3.8, 4) is 0 Å². The number of likely N-dealkylation sites (N-methyl/N-ethyl adjacent to an activating group) is 1. The lowest BCUT2D eigenvalue weighted by Gasteiger charge is -2.39. The normalized spacial score (nSPS) is 19.3. The molecule has 7 heteroatoms. The zero-order valence-electron chi connectivity index (χ0n) is 12.2. The summed E-state index contributed by atoms with van der Waals surface area (Å²) in [6.07, 6.45) is 2.36. The first-order valence-corrected chi connectivity index (χ1v) is 6.97. The molecule has 1 aromatic rings. The maximum Gasteiger partial charge on any atom is 0.356 e. The highest BCUT2D eigenvalue weighted by Gasteiger charge is 2.26. The third-order valence-electron chi connectivity index (χ3n) is 3.79. The fraction of sp³-hybridized carbons (Fsp3) is 0.500. The van der Waals surface area contributed by atoms with E-state index in [4.69, 9.17) is 5.11 Å². The number of aromatic carboxylic acids is 1. The number of nitrogens with zero attached hydrogens (tertiary/aromatic N) is 3. The zero-order chi connectivity index (χ0) is 15.4. The van der Waals surface area contributed by atoms with Gasteiger partial charge in [0.2, 0.25) is 0 Å². The minimum Gasteiger partial charge on any atom is -0.476 e. The molecule has 0 bridgehead atoms. The number of amides is 2. The summed E-state index contributed by atoms with van der Waals surface area (Å²) in [6, 6.07) is 3.19. The lowest BCUT2D eigenvalue weighted by Crippen LogP contribution is -2.54. The molecule has 1 fully saturated rings. The number of aromatic nitrogens is 1. The van der Waals surface area contributed by atoms with Crippen LogP contribution in [0.25, 0.3) is 0 Å². The van der Waals surface area contributed by atoms with E-state index in [9.17, 15) is 9.59 Å². The molecule has 2 N–H and O–H groups in total. The van der Waals surface area contributed by atoms with Crippen molar-refractivity contribution in [3.05, 3.63) is 24.0 Å². The molecular formula is C14H20N4O3. The Hall–Kier alpha value is -2.15. The Labute approximate surface area is 123 Å². The third kappa shape index (κ3) is 3.49. The average molecular weight is 292 g/mol. The van der Waals surface area contributed by atoms with Crippen molar-refractivity contribution in [2.75, 3.05) is 32.0 Å². The summed E-state index contributed by atoms with van der Waals surface area (Å²) < 4.78 is 0. The van der Waals surface area contributed by atoms with Gasteiger partial charge in [-0.3, -0.25) is 4.90 Å². The van der Waals surface area contributed by atoms with Crippen molar-refractivity contribution in [1.82, 2.24) is 14.8 Å². The molecule has 2 heterocycles. The van der Waals surface area contributed by atoms with Crippen molar-refractivity contribution >= 4 is 17.7 Å². The summed E-state index contributed by atoms with van der Waals surface area (Å²) in [5.74, 6) is -1.16. The number of pyridine rings is 1. The van der Waals surface area contributed by atoms with Gasteiger partial charge in [-0.1, -0.05) is 6.92 Å². The van der Waals surface area contributed by atoms with Crippen LogP contribution in [-0.4, -0.2) is 64.6 Å². The first kappa shape index (κ1) is 15.2. The van der Waals surface area contributed by atoms with E-state index >= 15 is 0 Å². The summed E-state index contributed by atoms with van der Waals surface area (Å²) in [6.45, 7) is 4.17. The molecule has 0 spiro atoms. The van der Waals surface area contributed by atoms with Gasteiger partial charge in [0.15, 0.2) is 5.69 Å². The van der Waals surface area contributed by atoms with Crippen LogP contribution in [0.15, 0.2) is 18.3 Å². The number of urea groups is 1. The summed E-state index contributed by atoms with van der Waals surface area (Å²) in [4.78, 5) is 31.1. The Kier molecular flexibility index (Phi) is 4.74. The van der Waals surface area contributed by atoms with Crippen LogP contribution in [-0.2, 0) is 0 Å². The quantitative estimate of drug-likeness (QED) is 0.878. The number of piperazine rings is 1. The highest BCUT2D eigenvalue weighted by atomic mass is 16.4. The van der Waals surface area contributed by atoms with E-state index in [1.807, 2.05) is 7.05 Å². The van der Waals surface area contributed by atoms with Gasteiger partial charge in [-0.25, -0.2) is 14.6 Å². The van der Waals surface area contributed by atoms with E-state index in [0.29, 0.717) is 19.1 Å². The number of hydrogen-bond donors (Lipinski definition) is 2. The Morgan fingerprint density at radius 1 is 1.48 bits per heavy atom. The molecule has 2 rings (SSSR count). The standard InChI is InChI=1S/C14H20N4O3/c1-3-10-9-18(8-7-17(10)2)14(21)16-11-5-4-6-15-12(11)13(19)20/h4-6,10H,3,7-9H2,1-2H3,(H,16,21)(H,19,20). The molecule has 1 aliphatic rings. The van der Waals surface area contributed by atoms with Crippen LogP contribution in [0, 0.1) is 0 Å². The van der Waals surface area contributed by atoms with Gasteiger partial charge in [-0.2, -0.15) is 0 Å². The van der Waals surface area contributed by atoms with Crippen LogP contribution in [0.5, 0.6) is 0 Å². The van der Waals surface area contributed by atoms with Crippen LogP contribution in [0.2, 0.25) is 0 Å². The van der Waals surface area contributed by atoms with E-state index in [-0.39, 0.29) is 17.4 Å². The van der Waals surface area contributed by atoms with E-state index in [1.54, 1.807) is 17.0 Å². The van der Waals surface area contributed by atoms with Crippen LogP contribution in [0.1, 0.15) is 23.8 Å². The second-order valence-electron chi connectivity index (χ2n) is 5.12. The van der Waals surface area contributed by atoms with E-state index in [2.05, 4.69) is 22.1 Å². The maximum atomic E-state index is 12.3. The molecule has 1 unspecified atom stereocenters. The fourth-order valence-corrected chi connectivity index (χ4v) is 2.44. The summed E-state index contributed by atoms with van der Waals surface area (Å²) in [5, 5.41) is 11.7. The molecule has 0 aromatic carbocycles. The molecule has 0 saturated carbocycles. The number of rotatable bonds is 3. The number of hydrogen-bond acceptors (Lipinski definition) is 4. The summed E-state index contributed by atoms with van der Waals surface area (Å²) >= 11 is 0. The monoisotopic (exact) mass is 292 g/mol. The second kappa shape index (κ2) is 6.53. The number of nitrogens with one attached hydrogen (secondary N) is 1. The Morgan fingerprint density at radius 2 is 2.24 bits per heavy atom. The SMILES string of the molecule is CCC1CN(C(=O)Nc2cccnc2C(=O)O)CCN1C. The Balaban J connectivity index is 2.07. The molecule has 0 radical (unpaired) electrons. The van der Waals surface area contributed by atoms with Crippen molar-refractivity contribution < 1.29 is 14.7 Å². The minimum atomic E-state index is -1.16. The van der Waals surface area contributed by atoms with Crippen LogP contribution in [0.3, 0.4) is 0 Å². The van der Waals surface area contributed by atoms with Crippen molar-refractivity contribution in [2.45, 2.75) is 19.4 Å². The zero-order valence-corrected chi connectivity index (χ0v) is 12.2. The second-order valence-corrected chi connectivity index (χ2v) is 5.12. The van der Waals surface area contributed by atoms with Gasteiger partial charge in [-0.15, -0.1) is 0 Å². The molecule has 2 amide bonds. The largest absolute Gasteiger partial charge is 0.476 e. The van der Waals surface area contributed by atoms with Gasteiger partial charge in [-0.05, 0) is 25.6 Å². The first-order valence-electron chi connectivity index (χ1n) is 6.97. The van der Waals surface area contributed by atoms with Crippen LogP contribution >= 0.6 is 0 Å². The van der Waals surface area contributed by atoms with Crippen molar-refractivity contribution in [1.29, 1.82) is 0 Å². The van der Waals surface area contributed by atoms with Gasteiger partial charge in [0.25, 0.3) is 0 Å². The lowest BCUT2D eigenvalue weighted by molar-refractivity contribution is 0.0691. The smallest absolute Gasteiger partial charge is 0.356 e. The third-order valence-corrected chi connectivity index (χ3v) is 3.79. The fourth-order valence-electron chi connectivity index (χ4n) is 2.44. The Bertz CT molecular complexity index is 535. The Morgan fingerprint density at radius 3 is 2.90 bits per heavy atom. The average Bonchev–Trinajstić information content (AvgIpc) is 2.48. The molecule has 21 heavy (non-hydrogen) atoms. The van der Waals surface area contributed by atoms with Crippen molar-refractivity contribution in [3.63, 3.8) is 0 Å². The van der Waals surface area contributed by atoms with Crippen molar-refractivity contribution in [2.24, 2.45) is 0 Å². The summed E-state index contributed by atoms with van der Waals surface area (Å²) in [7, 11) is 2.05. The number of carboxylic acids is 1. The van der Waals surface area contributed by atoms with Gasteiger partial charge in [0.1, 0.15) is 0 Å². The minimum absolute atomic E-state index is 0.146. The number of carbonyl (C=O) groups excluding carboxylic acids is 1. The topological polar surface area (TPSA) is 85.8 Å². The highest BCUT2D eigenvalue weighted by Crippen LogP contribution is 2.15. The first-order chi connectivity index (χ1) is 10.0. The maximum absolute atomic E-state index is 12.3. The lowest BCUT2D eigenvalue weighted by atomic mass is 10.1. The van der Waals surface area contributed by atoms with Gasteiger partial charge >= 0.3 is 12.0 Å². The molecule has 114 valence electrons. The van der Waals surface area contributed by atoms with E-state index in [1.165, 1.54) is 6.20 Å². The van der Waals surface area contributed by atoms with E-state index < -0.39 is 5.97 Å². The van der Waals surface area contributed by atoms with Crippen LogP contribution < -0.4 is 5.32 Å². The number of carbonyl (C=O) groups is 2. The predicted molar refractivity (Wildman–Crippen MR) is 78.5 cm³/mol. The molecule has 1 aliphatic heterocycles. The molecule has 1 saturated heterocycles. The van der Waals surface area contributed by atoms with Crippen LogP contribution in [0.4, 0.5) is 10.5 Å². The number of anilines is 1.